The van der Waals surface area contributed by atoms with Gasteiger partial charge in [-0.3, -0.25) is 14.8 Å². The molecule has 1 aromatic rings. The van der Waals surface area contributed by atoms with Crippen LogP contribution in [0.15, 0.2) is 35.3 Å². The molecule has 0 aromatic heterocycles. The van der Waals surface area contributed by atoms with Crippen LogP contribution in [0.2, 0.25) is 0 Å². The summed E-state index contributed by atoms with van der Waals surface area (Å²) in [5, 5.41) is 16.5. The molecule has 2 bridgehead atoms. The first-order chi connectivity index (χ1) is 11.8. The van der Waals surface area contributed by atoms with E-state index in [4.69, 9.17) is 0 Å². The van der Waals surface area contributed by atoms with Crippen LogP contribution in [-0.2, 0) is 0 Å². The molecule has 3 heterocycles. The number of hydrogen-bond acceptors (Lipinski definition) is 4. The van der Waals surface area contributed by atoms with Gasteiger partial charge in [0.2, 0.25) is 0 Å². The summed E-state index contributed by atoms with van der Waals surface area (Å²) in [5.74, 6) is 0.882. The molecule has 3 N–H and O–H groups in total. The zero-order valence-corrected chi connectivity index (χ0v) is 14.5. The molecule has 6 nitrogen and oxygen atoms in total. The van der Waals surface area contributed by atoms with Crippen molar-refractivity contribution in [2.75, 3.05) is 59.5 Å². The Labute approximate surface area is 144 Å². The van der Waals surface area contributed by atoms with Crippen LogP contribution in [0.25, 0.3) is 0 Å². The van der Waals surface area contributed by atoms with Crippen LogP contribution in [0, 0.1) is 0 Å². The molecular weight excluding hydrogens is 302 g/mol. The van der Waals surface area contributed by atoms with E-state index < -0.39 is 0 Å². The van der Waals surface area contributed by atoms with Gasteiger partial charge in [-0.1, -0.05) is 30.3 Å². The van der Waals surface area contributed by atoms with Gasteiger partial charge in [0.25, 0.3) is 0 Å². The molecule has 2 unspecified atom stereocenters. The Morgan fingerprint density at radius 1 is 1.21 bits per heavy atom. The average molecular weight is 331 g/mol. The summed E-state index contributed by atoms with van der Waals surface area (Å²) in [6.07, 6.45) is 0. The largest absolute Gasteiger partial charge is 0.396 e. The van der Waals surface area contributed by atoms with Crippen molar-refractivity contribution in [3.05, 3.63) is 35.9 Å². The minimum Gasteiger partial charge on any atom is -0.396 e. The number of benzene rings is 1. The average Bonchev–Trinajstić information content (AvgIpc) is 2.66. The van der Waals surface area contributed by atoms with E-state index in [1.807, 2.05) is 18.2 Å². The van der Waals surface area contributed by atoms with Gasteiger partial charge in [-0.25, -0.2) is 0 Å². The molecule has 3 aliphatic heterocycles. The standard InChI is InChI=1S/C18H29N5O/c1-19-18(20-11-16(14-24)15-5-3-2-4-6-15)21-12-17-13-22-7-9-23(17)10-8-22/h2-6,16-17,24H,7-14H2,1H3,(H2,19,20,21). The highest BCUT2D eigenvalue weighted by atomic mass is 16.3. The monoisotopic (exact) mass is 331 g/mol. The summed E-state index contributed by atoms with van der Waals surface area (Å²) in [7, 11) is 1.79. The Morgan fingerprint density at radius 3 is 2.54 bits per heavy atom. The lowest BCUT2D eigenvalue weighted by Gasteiger charge is -2.47. The predicted octanol–water partition coefficient (Wildman–Crippen LogP) is -0.0727. The lowest BCUT2D eigenvalue weighted by molar-refractivity contribution is 0.0154. The van der Waals surface area contributed by atoms with E-state index in [1.54, 1.807) is 7.05 Å². The third-order valence-corrected chi connectivity index (χ3v) is 5.13. The first-order valence-corrected chi connectivity index (χ1v) is 8.87. The van der Waals surface area contributed by atoms with Crippen LogP contribution in [0.1, 0.15) is 11.5 Å². The van der Waals surface area contributed by atoms with Crippen LogP contribution >= 0.6 is 0 Å². The van der Waals surface area contributed by atoms with E-state index in [1.165, 1.54) is 26.2 Å². The number of piperazine rings is 3. The van der Waals surface area contributed by atoms with E-state index in [2.05, 4.69) is 37.6 Å². The van der Waals surface area contributed by atoms with Gasteiger partial charge >= 0.3 is 0 Å². The van der Waals surface area contributed by atoms with Crippen molar-refractivity contribution in [3.8, 4) is 0 Å². The SMILES string of the molecule is CN=C(NCC(CO)c1ccccc1)NCC1CN2CCN1CC2. The molecule has 1 aromatic carbocycles. The topological polar surface area (TPSA) is 63.1 Å². The van der Waals surface area contributed by atoms with Crippen molar-refractivity contribution < 1.29 is 5.11 Å². The highest BCUT2D eigenvalue weighted by Crippen LogP contribution is 2.15. The quantitative estimate of drug-likeness (QED) is 0.503. The zero-order valence-electron chi connectivity index (χ0n) is 14.5. The second-order valence-corrected chi connectivity index (χ2v) is 6.61. The van der Waals surface area contributed by atoms with Crippen LogP contribution in [0.5, 0.6) is 0 Å². The minimum atomic E-state index is 0.0744. The van der Waals surface area contributed by atoms with Gasteiger partial charge in [0.15, 0.2) is 5.96 Å². The van der Waals surface area contributed by atoms with Crippen LogP contribution in [0.3, 0.4) is 0 Å². The number of nitrogens with one attached hydrogen (secondary N) is 2. The van der Waals surface area contributed by atoms with Crippen molar-refractivity contribution in [2.24, 2.45) is 4.99 Å². The molecule has 0 aliphatic carbocycles. The first-order valence-electron chi connectivity index (χ1n) is 8.87. The molecule has 0 saturated carbocycles. The maximum Gasteiger partial charge on any atom is 0.191 e. The fourth-order valence-electron chi connectivity index (χ4n) is 3.59. The van der Waals surface area contributed by atoms with Crippen LogP contribution in [-0.4, -0.2) is 86.4 Å². The van der Waals surface area contributed by atoms with Gasteiger partial charge in [0.1, 0.15) is 0 Å². The molecule has 3 fully saturated rings. The van der Waals surface area contributed by atoms with Crippen molar-refractivity contribution in [3.63, 3.8) is 0 Å². The minimum absolute atomic E-state index is 0.0744. The van der Waals surface area contributed by atoms with Gasteiger partial charge < -0.3 is 15.7 Å². The highest BCUT2D eigenvalue weighted by Gasteiger charge is 2.31. The molecule has 6 heteroatoms. The van der Waals surface area contributed by atoms with Gasteiger partial charge in [0.05, 0.1) is 6.61 Å². The van der Waals surface area contributed by atoms with Crippen LogP contribution in [0.4, 0.5) is 0 Å². The van der Waals surface area contributed by atoms with Gasteiger partial charge in [0, 0.05) is 64.8 Å². The smallest absolute Gasteiger partial charge is 0.191 e. The number of aliphatic imine (C=N–C) groups is 1. The fraction of sp³-hybridized carbons (Fsp3) is 0.611. The Balaban J connectivity index is 1.46. The number of hydrogen-bond donors (Lipinski definition) is 3. The summed E-state index contributed by atoms with van der Waals surface area (Å²) in [5.41, 5.74) is 1.14. The third kappa shape index (κ3) is 4.26. The molecule has 0 radical (unpaired) electrons. The number of aliphatic hydroxyl groups excluding tert-OH is 1. The van der Waals surface area contributed by atoms with E-state index in [0.717, 1.165) is 24.6 Å². The Bertz CT molecular complexity index is 527. The molecule has 24 heavy (non-hydrogen) atoms. The normalized spacial score (nSPS) is 27.8. The maximum atomic E-state index is 9.66. The summed E-state index contributed by atoms with van der Waals surface area (Å²) >= 11 is 0. The van der Waals surface area contributed by atoms with Crippen LogP contribution < -0.4 is 10.6 Å². The first kappa shape index (κ1) is 17.2. The second-order valence-electron chi connectivity index (χ2n) is 6.61. The van der Waals surface area contributed by atoms with E-state index in [9.17, 15) is 5.11 Å². The number of rotatable bonds is 6. The second kappa shape index (κ2) is 8.46. The molecular formula is C18H29N5O. The lowest BCUT2D eigenvalue weighted by atomic mass is 10.0. The molecule has 132 valence electrons. The Hall–Kier alpha value is -1.63. The fourth-order valence-corrected chi connectivity index (χ4v) is 3.59. The molecule has 4 rings (SSSR count). The van der Waals surface area contributed by atoms with Crippen molar-refractivity contribution >= 4 is 5.96 Å². The summed E-state index contributed by atoms with van der Waals surface area (Å²) < 4.78 is 0. The van der Waals surface area contributed by atoms with E-state index in [-0.39, 0.29) is 12.5 Å². The number of aliphatic hydroxyl groups is 1. The van der Waals surface area contributed by atoms with Gasteiger partial charge in [-0.2, -0.15) is 0 Å². The van der Waals surface area contributed by atoms with E-state index >= 15 is 0 Å². The number of nitrogens with zero attached hydrogens (tertiary/aromatic N) is 3. The molecule has 0 spiro atoms. The lowest BCUT2D eigenvalue weighted by Crippen LogP contribution is -2.63. The van der Waals surface area contributed by atoms with E-state index in [0.29, 0.717) is 12.6 Å². The molecule has 3 aliphatic rings. The summed E-state index contributed by atoms with van der Waals surface area (Å²) in [4.78, 5) is 9.43. The molecule has 0 amide bonds. The highest BCUT2D eigenvalue weighted by molar-refractivity contribution is 5.79. The van der Waals surface area contributed by atoms with Gasteiger partial charge in [-0.15, -0.1) is 0 Å². The number of fused-ring (bicyclic) bond motifs is 3. The molecule has 2 atom stereocenters. The molecule has 3 saturated heterocycles. The predicted molar refractivity (Wildman–Crippen MR) is 97.4 cm³/mol. The Morgan fingerprint density at radius 2 is 1.96 bits per heavy atom. The number of guanidine groups is 1. The van der Waals surface area contributed by atoms with Gasteiger partial charge in [-0.05, 0) is 5.56 Å². The summed E-state index contributed by atoms with van der Waals surface area (Å²) in [6, 6.07) is 10.7. The maximum absolute atomic E-state index is 9.66. The summed E-state index contributed by atoms with van der Waals surface area (Å²) in [6.45, 7) is 7.62. The Kier molecular flexibility index (Phi) is 6.07. The van der Waals surface area contributed by atoms with Crippen molar-refractivity contribution in [1.29, 1.82) is 0 Å². The van der Waals surface area contributed by atoms with Crippen molar-refractivity contribution in [1.82, 2.24) is 20.4 Å². The van der Waals surface area contributed by atoms with Crippen molar-refractivity contribution in [2.45, 2.75) is 12.0 Å². The third-order valence-electron chi connectivity index (χ3n) is 5.13. The zero-order chi connectivity index (χ0) is 16.8.